The van der Waals surface area contributed by atoms with E-state index in [1.165, 1.54) is 0 Å². The zero-order chi connectivity index (χ0) is 9.84. The molecule has 1 aromatic carbocycles. The molecule has 0 saturated heterocycles. The van der Waals surface area contributed by atoms with E-state index in [0.717, 1.165) is 20.9 Å². The molecule has 0 saturated carbocycles. The van der Waals surface area contributed by atoms with Gasteiger partial charge in [-0.2, -0.15) is 0 Å². The van der Waals surface area contributed by atoms with E-state index in [4.69, 9.17) is 5.11 Å². The van der Waals surface area contributed by atoms with Crippen molar-refractivity contribution in [1.29, 1.82) is 0 Å². The summed E-state index contributed by atoms with van der Waals surface area (Å²) in [4.78, 5) is 10.5. The molecule has 0 fully saturated rings. The predicted octanol–water partition coefficient (Wildman–Crippen LogP) is 2.97. The summed E-state index contributed by atoms with van der Waals surface area (Å²) in [6.07, 6.45) is 0.0689. The molecule has 0 unspecified atom stereocenters. The van der Waals surface area contributed by atoms with Gasteiger partial charge >= 0.3 is 5.97 Å². The molecule has 0 amide bonds. The van der Waals surface area contributed by atoms with E-state index in [1.807, 2.05) is 18.2 Å². The lowest BCUT2D eigenvalue weighted by atomic mass is 10.1. The predicted molar refractivity (Wildman–Crippen MR) is 58.1 cm³/mol. The number of carbonyl (C=O) groups is 1. The lowest BCUT2D eigenvalue weighted by molar-refractivity contribution is -0.136. The van der Waals surface area contributed by atoms with Gasteiger partial charge in [-0.1, -0.05) is 37.9 Å². The van der Waals surface area contributed by atoms with Crippen molar-refractivity contribution in [2.24, 2.45) is 0 Å². The standard InChI is InChI=1S/C9H8Br2O2/c10-5-7-1-6(4-9(12)13)2-8(11)3-7/h1-3H,4-5H2,(H,12,13). The van der Waals surface area contributed by atoms with E-state index in [9.17, 15) is 4.79 Å². The zero-order valence-corrected chi connectivity index (χ0v) is 9.93. The molecule has 13 heavy (non-hydrogen) atoms. The maximum Gasteiger partial charge on any atom is 0.307 e. The van der Waals surface area contributed by atoms with Crippen LogP contribution in [0.25, 0.3) is 0 Å². The van der Waals surface area contributed by atoms with E-state index in [-0.39, 0.29) is 6.42 Å². The second-order valence-electron chi connectivity index (χ2n) is 2.67. The SMILES string of the molecule is O=C(O)Cc1cc(Br)cc(CBr)c1. The van der Waals surface area contributed by atoms with Crippen LogP contribution in [0.5, 0.6) is 0 Å². The molecule has 0 aliphatic carbocycles. The minimum atomic E-state index is -0.807. The zero-order valence-electron chi connectivity index (χ0n) is 6.76. The summed E-state index contributed by atoms with van der Waals surface area (Å²) in [7, 11) is 0. The molecule has 70 valence electrons. The van der Waals surface area contributed by atoms with Gasteiger partial charge in [0.15, 0.2) is 0 Å². The van der Waals surface area contributed by atoms with E-state index in [1.54, 1.807) is 0 Å². The highest BCUT2D eigenvalue weighted by Crippen LogP contribution is 2.18. The molecule has 0 atom stereocenters. The summed E-state index contributed by atoms with van der Waals surface area (Å²) in [5.41, 5.74) is 1.89. The molecule has 1 aromatic rings. The van der Waals surface area contributed by atoms with Crippen LogP contribution in [0.15, 0.2) is 22.7 Å². The lowest BCUT2D eigenvalue weighted by Gasteiger charge is -2.02. The summed E-state index contributed by atoms with van der Waals surface area (Å²) < 4.78 is 0.917. The Morgan fingerprint density at radius 1 is 1.31 bits per heavy atom. The number of alkyl halides is 1. The molecule has 2 nitrogen and oxygen atoms in total. The molecule has 0 heterocycles. The average molecular weight is 308 g/mol. The van der Waals surface area contributed by atoms with Crippen molar-refractivity contribution in [1.82, 2.24) is 0 Å². The fraction of sp³-hybridized carbons (Fsp3) is 0.222. The van der Waals surface area contributed by atoms with Crippen LogP contribution in [-0.4, -0.2) is 11.1 Å². The van der Waals surface area contributed by atoms with Gasteiger partial charge in [-0.05, 0) is 23.3 Å². The van der Waals surface area contributed by atoms with Crippen molar-refractivity contribution >= 4 is 37.8 Å². The smallest absolute Gasteiger partial charge is 0.307 e. The first-order valence-corrected chi connectivity index (χ1v) is 5.59. The van der Waals surface area contributed by atoms with Crippen molar-refractivity contribution in [3.05, 3.63) is 33.8 Å². The fourth-order valence-corrected chi connectivity index (χ4v) is 1.98. The number of halogens is 2. The summed E-state index contributed by atoms with van der Waals surface area (Å²) in [6.45, 7) is 0. The third-order valence-electron chi connectivity index (χ3n) is 1.53. The van der Waals surface area contributed by atoms with Crippen molar-refractivity contribution in [2.45, 2.75) is 11.8 Å². The van der Waals surface area contributed by atoms with Gasteiger partial charge in [-0.3, -0.25) is 4.79 Å². The number of benzene rings is 1. The van der Waals surface area contributed by atoms with Gasteiger partial charge in [0.05, 0.1) is 6.42 Å². The van der Waals surface area contributed by atoms with Crippen LogP contribution in [0.3, 0.4) is 0 Å². The molecule has 0 spiro atoms. The van der Waals surface area contributed by atoms with Gasteiger partial charge in [-0.25, -0.2) is 0 Å². The Hall–Kier alpha value is -0.350. The Morgan fingerprint density at radius 3 is 2.46 bits per heavy atom. The monoisotopic (exact) mass is 306 g/mol. The van der Waals surface area contributed by atoms with E-state index >= 15 is 0 Å². The minimum absolute atomic E-state index is 0.0689. The molecule has 0 aliphatic heterocycles. The Bertz CT molecular complexity index is 323. The molecule has 1 N–H and O–H groups in total. The van der Waals surface area contributed by atoms with Crippen LogP contribution in [-0.2, 0) is 16.5 Å². The molecule has 0 aliphatic rings. The normalized spacial score (nSPS) is 10.0. The maximum atomic E-state index is 10.5. The van der Waals surface area contributed by atoms with Crippen LogP contribution in [0.2, 0.25) is 0 Å². The largest absolute Gasteiger partial charge is 0.481 e. The van der Waals surface area contributed by atoms with Crippen LogP contribution in [0.4, 0.5) is 0 Å². The number of rotatable bonds is 3. The second kappa shape index (κ2) is 4.77. The van der Waals surface area contributed by atoms with Gasteiger partial charge in [0.2, 0.25) is 0 Å². The number of hydrogen-bond acceptors (Lipinski definition) is 1. The van der Waals surface area contributed by atoms with E-state index in [2.05, 4.69) is 31.9 Å². The van der Waals surface area contributed by atoms with Crippen molar-refractivity contribution in [3.8, 4) is 0 Å². The fourth-order valence-electron chi connectivity index (χ4n) is 1.07. The molecule has 1 rings (SSSR count). The molecular weight excluding hydrogens is 300 g/mol. The summed E-state index contributed by atoms with van der Waals surface area (Å²) in [6, 6.07) is 5.66. The van der Waals surface area contributed by atoms with Gasteiger partial charge in [0, 0.05) is 9.80 Å². The molecule has 0 radical (unpaired) electrons. The highest BCUT2D eigenvalue weighted by molar-refractivity contribution is 9.10. The van der Waals surface area contributed by atoms with Crippen LogP contribution in [0.1, 0.15) is 11.1 Å². The third-order valence-corrected chi connectivity index (χ3v) is 2.63. The highest BCUT2D eigenvalue weighted by Gasteiger charge is 2.02. The lowest BCUT2D eigenvalue weighted by Crippen LogP contribution is -2.00. The van der Waals surface area contributed by atoms with E-state index < -0.39 is 5.97 Å². The van der Waals surface area contributed by atoms with Gasteiger partial charge in [-0.15, -0.1) is 0 Å². The minimum Gasteiger partial charge on any atom is -0.481 e. The highest BCUT2D eigenvalue weighted by atomic mass is 79.9. The topological polar surface area (TPSA) is 37.3 Å². The Kier molecular flexibility index (Phi) is 3.93. The van der Waals surface area contributed by atoms with Crippen LogP contribution in [0, 0.1) is 0 Å². The van der Waals surface area contributed by atoms with Gasteiger partial charge in [0.1, 0.15) is 0 Å². The summed E-state index contributed by atoms with van der Waals surface area (Å²) in [5, 5.41) is 9.33. The number of hydrogen-bond donors (Lipinski definition) is 1. The van der Waals surface area contributed by atoms with Gasteiger partial charge in [0.25, 0.3) is 0 Å². The summed E-state index contributed by atoms with van der Waals surface area (Å²) >= 11 is 6.65. The van der Waals surface area contributed by atoms with Gasteiger partial charge < -0.3 is 5.11 Å². The molecular formula is C9H8Br2O2. The summed E-state index contributed by atoms with van der Waals surface area (Å²) in [5.74, 6) is -0.807. The Balaban J connectivity index is 2.94. The first kappa shape index (κ1) is 10.7. The number of carboxylic acid groups (broad SMARTS) is 1. The van der Waals surface area contributed by atoms with Crippen molar-refractivity contribution in [3.63, 3.8) is 0 Å². The quantitative estimate of drug-likeness (QED) is 0.872. The Labute approximate surface area is 93.2 Å². The molecule has 0 bridgehead atoms. The van der Waals surface area contributed by atoms with Crippen molar-refractivity contribution < 1.29 is 9.90 Å². The van der Waals surface area contributed by atoms with E-state index in [0.29, 0.717) is 0 Å². The van der Waals surface area contributed by atoms with Crippen LogP contribution < -0.4 is 0 Å². The third kappa shape index (κ3) is 3.48. The number of carboxylic acids is 1. The second-order valence-corrected chi connectivity index (χ2v) is 4.15. The number of aliphatic carboxylic acids is 1. The molecule has 0 aromatic heterocycles. The molecule has 4 heteroatoms. The maximum absolute atomic E-state index is 10.5. The average Bonchev–Trinajstić information content (AvgIpc) is 2.01. The Morgan fingerprint density at radius 2 is 1.92 bits per heavy atom. The first-order chi connectivity index (χ1) is 6.11. The van der Waals surface area contributed by atoms with Crippen LogP contribution >= 0.6 is 31.9 Å². The van der Waals surface area contributed by atoms with Crippen molar-refractivity contribution in [2.75, 3.05) is 0 Å². The first-order valence-electron chi connectivity index (χ1n) is 3.68.